The first kappa shape index (κ1) is 8.73. The molecule has 0 spiro atoms. The van der Waals surface area contributed by atoms with Crippen molar-refractivity contribution in [3.05, 3.63) is 33.6 Å². The van der Waals surface area contributed by atoms with E-state index in [4.69, 9.17) is 0 Å². The third kappa shape index (κ3) is 1.45. The molecule has 2 rings (SSSR count). The maximum atomic E-state index is 3.53. The first-order chi connectivity index (χ1) is 5.81. The van der Waals surface area contributed by atoms with Crippen molar-refractivity contribution in [2.45, 2.75) is 5.33 Å². The Morgan fingerprint density at radius 1 is 1.33 bits per heavy atom. The predicted molar refractivity (Wildman–Crippen MR) is 62.2 cm³/mol. The Balaban J connectivity index is 2.74. The maximum Gasteiger partial charge on any atom is 0.0377 e. The van der Waals surface area contributed by atoms with Gasteiger partial charge >= 0.3 is 0 Å². The molecule has 3 heteroatoms. The van der Waals surface area contributed by atoms with Crippen molar-refractivity contribution in [1.82, 2.24) is 0 Å². The number of fused-ring (bicyclic) bond motifs is 1. The Morgan fingerprint density at radius 3 is 2.83 bits per heavy atom. The number of hydrogen-bond acceptors (Lipinski definition) is 1. The van der Waals surface area contributed by atoms with E-state index in [9.17, 15) is 0 Å². The number of halogens is 2. The minimum absolute atomic E-state index is 0.943. The Bertz CT molecular complexity index is 406. The van der Waals surface area contributed by atoms with E-state index in [1.807, 2.05) is 11.3 Å². The van der Waals surface area contributed by atoms with Crippen LogP contribution in [0.25, 0.3) is 10.1 Å². The van der Waals surface area contributed by atoms with Crippen molar-refractivity contribution in [3.63, 3.8) is 0 Å². The lowest BCUT2D eigenvalue weighted by Gasteiger charge is -1.89. The standard InChI is InChI=1S/C9H6Br2S/c10-5-6-4-7-8(11)2-1-3-9(7)12-6/h1-4H,5H2. The van der Waals surface area contributed by atoms with Crippen molar-refractivity contribution >= 4 is 53.3 Å². The average Bonchev–Trinajstić information content (AvgIpc) is 2.49. The van der Waals surface area contributed by atoms with Crippen LogP contribution in [-0.4, -0.2) is 0 Å². The normalized spacial score (nSPS) is 10.8. The lowest BCUT2D eigenvalue weighted by atomic mass is 10.2. The fourth-order valence-electron chi connectivity index (χ4n) is 1.14. The topological polar surface area (TPSA) is 0 Å². The molecule has 1 aromatic heterocycles. The Hall–Kier alpha value is 0.140. The molecule has 12 heavy (non-hydrogen) atoms. The second kappa shape index (κ2) is 3.48. The molecule has 0 atom stereocenters. The van der Waals surface area contributed by atoms with Crippen LogP contribution in [0.5, 0.6) is 0 Å². The van der Waals surface area contributed by atoms with Gasteiger partial charge in [0, 0.05) is 24.8 Å². The van der Waals surface area contributed by atoms with Crippen molar-refractivity contribution < 1.29 is 0 Å². The van der Waals surface area contributed by atoms with Crippen molar-refractivity contribution in [3.8, 4) is 0 Å². The van der Waals surface area contributed by atoms with E-state index >= 15 is 0 Å². The number of rotatable bonds is 1. The van der Waals surface area contributed by atoms with E-state index in [-0.39, 0.29) is 0 Å². The molecule has 0 saturated heterocycles. The van der Waals surface area contributed by atoms with Crippen LogP contribution in [0, 0.1) is 0 Å². The molecule has 2 aromatic rings. The van der Waals surface area contributed by atoms with Crippen molar-refractivity contribution in [1.29, 1.82) is 0 Å². The van der Waals surface area contributed by atoms with E-state index in [2.05, 4.69) is 56.1 Å². The van der Waals surface area contributed by atoms with Crippen LogP contribution >= 0.6 is 43.2 Å². The van der Waals surface area contributed by atoms with E-state index in [0.29, 0.717) is 0 Å². The van der Waals surface area contributed by atoms with Crippen molar-refractivity contribution in [2.75, 3.05) is 0 Å². The van der Waals surface area contributed by atoms with Crippen molar-refractivity contribution in [2.24, 2.45) is 0 Å². The monoisotopic (exact) mass is 304 g/mol. The second-order valence-electron chi connectivity index (χ2n) is 2.50. The summed E-state index contributed by atoms with van der Waals surface area (Å²) in [6, 6.07) is 8.52. The van der Waals surface area contributed by atoms with E-state index in [0.717, 1.165) is 5.33 Å². The minimum atomic E-state index is 0.943. The summed E-state index contributed by atoms with van der Waals surface area (Å²) in [4.78, 5) is 1.37. The van der Waals surface area contributed by atoms with Gasteiger partial charge in [-0.3, -0.25) is 0 Å². The number of hydrogen-bond donors (Lipinski definition) is 0. The van der Waals surface area contributed by atoms with Crippen LogP contribution in [0.15, 0.2) is 28.7 Å². The fourth-order valence-corrected chi connectivity index (χ4v) is 3.20. The fraction of sp³-hybridized carbons (Fsp3) is 0.111. The molecule has 62 valence electrons. The smallest absolute Gasteiger partial charge is 0.0377 e. The van der Waals surface area contributed by atoms with E-state index in [1.54, 1.807) is 0 Å². The van der Waals surface area contributed by atoms with Gasteiger partial charge in [-0.2, -0.15) is 0 Å². The molecule has 0 unspecified atom stereocenters. The highest BCUT2D eigenvalue weighted by atomic mass is 79.9. The van der Waals surface area contributed by atoms with Crippen LogP contribution in [0.1, 0.15) is 4.88 Å². The molecule has 0 amide bonds. The molecular weight excluding hydrogens is 300 g/mol. The molecule has 0 aliphatic heterocycles. The first-order valence-electron chi connectivity index (χ1n) is 3.54. The second-order valence-corrected chi connectivity index (χ2v) is 5.08. The molecule has 0 aliphatic rings. The van der Waals surface area contributed by atoms with Crippen LogP contribution in [-0.2, 0) is 5.33 Å². The van der Waals surface area contributed by atoms with E-state index < -0.39 is 0 Å². The van der Waals surface area contributed by atoms with Gasteiger partial charge in [-0.25, -0.2) is 0 Å². The highest BCUT2D eigenvalue weighted by Crippen LogP contribution is 2.31. The van der Waals surface area contributed by atoms with Crippen LogP contribution < -0.4 is 0 Å². The quantitative estimate of drug-likeness (QED) is 0.678. The van der Waals surface area contributed by atoms with Crippen LogP contribution in [0.3, 0.4) is 0 Å². The molecule has 1 heterocycles. The summed E-state index contributed by atoms with van der Waals surface area (Å²) in [5.74, 6) is 0. The zero-order valence-electron chi connectivity index (χ0n) is 6.18. The molecular formula is C9H6Br2S. The molecule has 0 aliphatic carbocycles. The van der Waals surface area contributed by atoms with Gasteiger partial charge in [0.05, 0.1) is 0 Å². The van der Waals surface area contributed by atoms with Gasteiger partial charge in [-0.05, 0) is 18.2 Å². The Morgan fingerprint density at radius 2 is 2.17 bits per heavy atom. The van der Waals surface area contributed by atoms with Gasteiger partial charge in [-0.1, -0.05) is 37.9 Å². The summed E-state index contributed by atoms with van der Waals surface area (Å²) in [6.45, 7) is 0. The van der Waals surface area contributed by atoms with Gasteiger partial charge in [0.1, 0.15) is 0 Å². The SMILES string of the molecule is BrCc1cc2c(Br)cccc2s1. The first-order valence-corrected chi connectivity index (χ1v) is 6.27. The van der Waals surface area contributed by atoms with Gasteiger partial charge in [0.25, 0.3) is 0 Å². The number of alkyl halides is 1. The van der Waals surface area contributed by atoms with E-state index in [1.165, 1.54) is 19.4 Å². The van der Waals surface area contributed by atoms with Gasteiger partial charge < -0.3 is 0 Å². The zero-order chi connectivity index (χ0) is 8.55. The molecule has 0 nitrogen and oxygen atoms in total. The third-order valence-corrected chi connectivity index (χ3v) is 4.46. The molecule has 1 aromatic carbocycles. The molecule has 0 radical (unpaired) electrons. The minimum Gasteiger partial charge on any atom is -0.139 e. The molecule has 0 bridgehead atoms. The summed E-state index contributed by atoms with van der Waals surface area (Å²) >= 11 is 8.82. The lowest BCUT2D eigenvalue weighted by molar-refractivity contribution is 1.59. The van der Waals surface area contributed by atoms with Gasteiger partial charge in [0.15, 0.2) is 0 Å². The molecule has 0 saturated carbocycles. The van der Waals surface area contributed by atoms with Crippen LogP contribution in [0.4, 0.5) is 0 Å². The average molecular weight is 306 g/mol. The highest BCUT2D eigenvalue weighted by molar-refractivity contribution is 9.10. The summed E-state index contributed by atoms with van der Waals surface area (Å²) in [7, 11) is 0. The van der Waals surface area contributed by atoms with Gasteiger partial charge in [-0.15, -0.1) is 11.3 Å². The summed E-state index contributed by atoms with van der Waals surface area (Å²) in [5, 5.41) is 2.26. The predicted octanol–water partition coefficient (Wildman–Crippen LogP) is 4.56. The Labute approximate surface area is 91.9 Å². The zero-order valence-corrected chi connectivity index (χ0v) is 10.2. The third-order valence-electron chi connectivity index (χ3n) is 1.69. The summed E-state index contributed by atoms with van der Waals surface area (Å²) in [6.07, 6.45) is 0. The highest BCUT2D eigenvalue weighted by Gasteiger charge is 2.02. The summed E-state index contributed by atoms with van der Waals surface area (Å²) < 4.78 is 2.53. The largest absolute Gasteiger partial charge is 0.139 e. The van der Waals surface area contributed by atoms with Gasteiger partial charge in [0.2, 0.25) is 0 Å². The number of benzene rings is 1. The Kier molecular flexibility index (Phi) is 2.53. The molecule has 0 N–H and O–H groups in total. The summed E-state index contributed by atoms with van der Waals surface area (Å²) in [5.41, 5.74) is 0. The molecule has 0 fully saturated rings. The maximum absolute atomic E-state index is 3.53. The lowest BCUT2D eigenvalue weighted by Crippen LogP contribution is -1.64. The number of thiophene rings is 1. The van der Waals surface area contributed by atoms with Crippen LogP contribution in [0.2, 0.25) is 0 Å².